The highest BCUT2D eigenvalue weighted by atomic mass is 16.6. The molecular formula is C58H96O6. The Kier molecular flexibility index (Phi) is 49.0. The van der Waals surface area contributed by atoms with Crippen LogP contribution in [0.5, 0.6) is 0 Å². The van der Waals surface area contributed by atoms with Crippen LogP contribution in [0.2, 0.25) is 0 Å². The minimum atomic E-state index is -0.819. The quantitative estimate of drug-likeness (QED) is 0.0262. The van der Waals surface area contributed by atoms with E-state index in [9.17, 15) is 14.4 Å². The highest BCUT2D eigenvalue weighted by Crippen LogP contribution is 2.15. The summed E-state index contributed by atoms with van der Waals surface area (Å²) in [5, 5.41) is 0. The standard InChI is InChI=1S/C58H96O6/c1-4-7-10-13-16-19-21-23-25-27-29-31-32-34-36-39-42-45-48-51-57(60)63-54-55(53-62-56(59)50-47-44-41-38-18-15-12-9-6-3)64-58(61)52-49-46-43-40-37-35-33-30-28-26-24-22-20-17-14-11-8-5-2/h7,9-10,12,16,18-19,23,25,29,31,34,36,38,42,45,55H,4-6,8,11,13-15,17,20-22,24,26-28,30,32-33,35,37,39-41,43-44,46-54H2,1-3H3/b10-7-,12-9-,19-16-,25-23-,31-29-,36-34-,38-18-,45-42-. The molecule has 0 spiro atoms. The first-order valence-electron chi connectivity index (χ1n) is 26.2. The van der Waals surface area contributed by atoms with E-state index in [0.717, 1.165) is 89.9 Å². The second-order valence-electron chi connectivity index (χ2n) is 17.0. The molecule has 0 aliphatic heterocycles. The van der Waals surface area contributed by atoms with Gasteiger partial charge in [-0.3, -0.25) is 14.4 Å². The Morgan fingerprint density at radius 3 is 1.05 bits per heavy atom. The second kappa shape index (κ2) is 52.0. The van der Waals surface area contributed by atoms with Crippen molar-refractivity contribution in [1.82, 2.24) is 0 Å². The van der Waals surface area contributed by atoms with E-state index in [4.69, 9.17) is 14.2 Å². The van der Waals surface area contributed by atoms with E-state index in [1.807, 2.05) is 12.2 Å². The Labute approximate surface area is 394 Å². The van der Waals surface area contributed by atoms with E-state index in [-0.39, 0.29) is 37.5 Å². The Balaban J connectivity index is 4.43. The molecule has 364 valence electrons. The summed E-state index contributed by atoms with van der Waals surface area (Å²) in [5.74, 6) is -1.04. The SMILES string of the molecule is CC/C=C\C/C=C\C/C=C\C/C=C\C/C=C\C/C=C\CCC(=O)OCC(COC(=O)CCCC/C=C\C/C=C\CC)OC(=O)CCCCCCCCCCCCCCCCCCCC. The number of carbonyl (C=O) groups excluding carboxylic acids is 3. The van der Waals surface area contributed by atoms with E-state index < -0.39 is 6.10 Å². The normalized spacial score (nSPS) is 12.9. The van der Waals surface area contributed by atoms with Crippen molar-refractivity contribution in [2.24, 2.45) is 0 Å². The first kappa shape index (κ1) is 60.3. The molecule has 0 N–H and O–H groups in total. The molecule has 6 heteroatoms. The third kappa shape index (κ3) is 49.3. The summed E-state index contributed by atoms with van der Waals surface area (Å²) >= 11 is 0. The molecule has 0 aromatic carbocycles. The van der Waals surface area contributed by atoms with Crippen LogP contribution in [0.1, 0.15) is 233 Å². The van der Waals surface area contributed by atoms with Gasteiger partial charge in [0.1, 0.15) is 13.2 Å². The molecule has 0 bridgehead atoms. The minimum Gasteiger partial charge on any atom is -0.462 e. The van der Waals surface area contributed by atoms with Crippen LogP contribution >= 0.6 is 0 Å². The maximum Gasteiger partial charge on any atom is 0.306 e. The van der Waals surface area contributed by atoms with Crippen molar-refractivity contribution in [3.8, 4) is 0 Å². The van der Waals surface area contributed by atoms with Crippen molar-refractivity contribution in [3.63, 3.8) is 0 Å². The molecular weight excluding hydrogens is 793 g/mol. The summed E-state index contributed by atoms with van der Waals surface area (Å²) < 4.78 is 16.7. The molecule has 0 aliphatic rings. The molecule has 0 amide bonds. The van der Waals surface area contributed by atoms with Gasteiger partial charge < -0.3 is 14.2 Å². The molecule has 6 nitrogen and oxygen atoms in total. The van der Waals surface area contributed by atoms with Gasteiger partial charge in [-0.05, 0) is 83.5 Å². The van der Waals surface area contributed by atoms with Crippen molar-refractivity contribution in [2.45, 2.75) is 239 Å². The lowest BCUT2D eigenvalue weighted by molar-refractivity contribution is -0.166. The van der Waals surface area contributed by atoms with Crippen LogP contribution in [0.25, 0.3) is 0 Å². The van der Waals surface area contributed by atoms with Crippen molar-refractivity contribution in [2.75, 3.05) is 13.2 Å². The van der Waals surface area contributed by atoms with Gasteiger partial charge in [-0.2, -0.15) is 0 Å². The van der Waals surface area contributed by atoms with E-state index in [1.54, 1.807) is 0 Å². The molecule has 0 fully saturated rings. The fourth-order valence-electron chi connectivity index (χ4n) is 6.98. The maximum atomic E-state index is 12.8. The first-order valence-corrected chi connectivity index (χ1v) is 26.2. The summed E-state index contributed by atoms with van der Waals surface area (Å²) in [6.07, 6.45) is 68.5. The number of unbranched alkanes of at least 4 members (excludes halogenated alkanes) is 19. The van der Waals surface area contributed by atoms with Gasteiger partial charge in [-0.1, -0.05) is 227 Å². The monoisotopic (exact) mass is 889 g/mol. The Hall–Kier alpha value is -3.67. The molecule has 0 aliphatic carbocycles. The zero-order chi connectivity index (χ0) is 46.5. The first-order chi connectivity index (χ1) is 31.5. The molecule has 0 saturated heterocycles. The second-order valence-corrected chi connectivity index (χ2v) is 17.0. The van der Waals surface area contributed by atoms with Crippen molar-refractivity contribution in [3.05, 3.63) is 97.2 Å². The maximum absolute atomic E-state index is 12.8. The molecule has 1 atom stereocenters. The molecule has 0 saturated carbocycles. The van der Waals surface area contributed by atoms with Crippen LogP contribution in [0.4, 0.5) is 0 Å². The van der Waals surface area contributed by atoms with E-state index in [2.05, 4.69) is 106 Å². The topological polar surface area (TPSA) is 78.9 Å². The van der Waals surface area contributed by atoms with Crippen molar-refractivity contribution < 1.29 is 28.6 Å². The highest BCUT2D eigenvalue weighted by Gasteiger charge is 2.19. The third-order valence-corrected chi connectivity index (χ3v) is 10.8. The number of allylic oxidation sites excluding steroid dienone is 16. The molecule has 1 unspecified atom stereocenters. The lowest BCUT2D eigenvalue weighted by Gasteiger charge is -2.18. The van der Waals surface area contributed by atoms with Gasteiger partial charge in [-0.15, -0.1) is 0 Å². The van der Waals surface area contributed by atoms with Gasteiger partial charge in [0.05, 0.1) is 0 Å². The number of carbonyl (C=O) groups is 3. The predicted octanol–water partition coefficient (Wildman–Crippen LogP) is 17.4. The molecule has 0 heterocycles. The number of ether oxygens (including phenoxy) is 3. The summed E-state index contributed by atoms with van der Waals surface area (Å²) in [6, 6.07) is 0. The Morgan fingerprint density at radius 1 is 0.328 bits per heavy atom. The molecule has 64 heavy (non-hydrogen) atoms. The van der Waals surface area contributed by atoms with Crippen LogP contribution in [-0.4, -0.2) is 37.2 Å². The van der Waals surface area contributed by atoms with E-state index in [1.165, 1.54) is 96.3 Å². The Morgan fingerprint density at radius 2 is 0.641 bits per heavy atom. The van der Waals surface area contributed by atoms with Gasteiger partial charge in [0.2, 0.25) is 0 Å². The summed E-state index contributed by atoms with van der Waals surface area (Å²) in [7, 11) is 0. The molecule has 0 rings (SSSR count). The lowest BCUT2D eigenvalue weighted by atomic mass is 10.0. The van der Waals surface area contributed by atoms with Crippen LogP contribution in [0, 0.1) is 0 Å². The smallest absolute Gasteiger partial charge is 0.306 e. The van der Waals surface area contributed by atoms with Crippen molar-refractivity contribution >= 4 is 17.9 Å². The fraction of sp³-hybridized carbons (Fsp3) is 0.672. The van der Waals surface area contributed by atoms with Gasteiger partial charge >= 0.3 is 17.9 Å². The summed E-state index contributed by atoms with van der Waals surface area (Å²) in [4.78, 5) is 37.9. The fourth-order valence-corrected chi connectivity index (χ4v) is 6.98. The molecule has 0 aromatic heterocycles. The predicted molar refractivity (Wildman–Crippen MR) is 274 cm³/mol. The third-order valence-electron chi connectivity index (χ3n) is 10.8. The van der Waals surface area contributed by atoms with Crippen LogP contribution < -0.4 is 0 Å². The Bertz CT molecular complexity index is 1300. The van der Waals surface area contributed by atoms with Crippen LogP contribution in [-0.2, 0) is 28.6 Å². The summed E-state index contributed by atoms with van der Waals surface area (Å²) in [6.45, 7) is 6.31. The molecule has 0 aromatic rings. The van der Waals surface area contributed by atoms with Gasteiger partial charge in [0, 0.05) is 19.3 Å². The largest absolute Gasteiger partial charge is 0.462 e. The average molecular weight is 889 g/mol. The lowest BCUT2D eigenvalue weighted by Crippen LogP contribution is -2.30. The van der Waals surface area contributed by atoms with Crippen LogP contribution in [0.3, 0.4) is 0 Å². The highest BCUT2D eigenvalue weighted by molar-refractivity contribution is 5.71. The number of hydrogen-bond acceptors (Lipinski definition) is 6. The van der Waals surface area contributed by atoms with Gasteiger partial charge in [-0.25, -0.2) is 0 Å². The zero-order valence-corrected chi connectivity index (χ0v) is 41.5. The van der Waals surface area contributed by atoms with Crippen LogP contribution in [0.15, 0.2) is 97.2 Å². The molecule has 0 radical (unpaired) electrons. The zero-order valence-electron chi connectivity index (χ0n) is 41.5. The summed E-state index contributed by atoms with van der Waals surface area (Å²) in [5.41, 5.74) is 0. The van der Waals surface area contributed by atoms with Gasteiger partial charge in [0.15, 0.2) is 6.10 Å². The van der Waals surface area contributed by atoms with E-state index >= 15 is 0 Å². The van der Waals surface area contributed by atoms with Crippen molar-refractivity contribution in [1.29, 1.82) is 0 Å². The number of hydrogen-bond donors (Lipinski definition) is 0. The number of rotatable bonds is 46. The average Bonchev–Trinajstić information content (AvgIpc) is 3.29. The minimum absolute atomic E-state index is 0.117. The van der Waals surface area contributed by atoms with E-state index in [0.29, 0.717) is 19.3 Å². The number of esters is 3. The van der Waals surface area contributed by atoms with Gasteiger partial charge in [0.25, 0.3) is 0 Å².